The number of hydrogen-bond donors (Lipinski definition) is 4. The molecule has 0 saturated carbocycles. The van der Waals surface area contributed by atoms with Crippen LogP contribution in [0.15, 0.2) is 18.2 Å². The van der Waals surface area contributed by atoms with Crippen LogP contribution in [0.4, 0.5) is 21.0 Å². The summed E-state index contributed by atoms with van der Waals surface area (Å²) in [6.07, 6.45) is 0. The topological polar surface area (TPSA) is 114 Å². The molecule has 0 saturated heterocycles. The Kier molecular flexibility index (Phi) is 10.1. The third-order valence-electron chi connectivity index (χ3n) is 2.50. The Morgan fingerprint density at radius 3 is 2.09 bits per heavy atom. The number of carbonyl (C=O) groups is 2. The van der Waals surface area contributed by atoms with Gasteiger partial charge in [-0.3, -0.25) is 0 Å². The predicted octanol–water partition coefficient (Wildman–Crippen LogP) is 1.89. The molecule has 0 atom stereocenters. The molecular formula is C13H20Cl2N4O3. The van der Waals surface area contributed by atoms with Crippen LogP contribution >= 0.6 is 23.2 Å². The summed E-state index contributed by atoms with van der Waals surface area (Å²) in [7, 11) is 0. The van der Waals surface area contributed by atoms with Gasteiger partial charge in [0, 0.05) is 36.2 Å². The number of nitrogens with one attached hydrogen (secondary N) is 4. The maximum atomic E-state index is 11.6. The molecule has 124 valence electrons. The van der Waals surface area contributed by atoms with Crippen molar-refractivity contribution in [2.24, 2.45) is 0 Å². The summed E-state index contributed by atoms with van der Waals surface area (Å²) in [6, 6.07) is 4.53. The Balaban J connectivity index is 0.00000441. The fourth-order valence-corrected chi connectivity index (χ4v) is 1.69. The number of alkyl halides is 2. The van der Waals surface area contributed by atoms with Crippen molar-refractivity contribution in [3.05, 3.63) is 23.8 Å². The van der Waals surface area contributed by atoms with E-state index >= 15 is 0 Å². The van der Waals surface area contributed by atoms with Gasteiger partial charge in [0.1, 0.15) is 0 Å². The average molecular weight is 351 g/mol. The maximum Gasteiger partial charge on any atom is 0.319 e. The van der Waals surface area contributed by atoms with Gasteiger partial charge in [-0.25, -0.2) is 9.59 Å². The molecule has 0 aromatic heterocycles. The second-order valence-electron chi connectivity index (χ2n) is 4.17. The van der Waals surface area contributed by atoms with Crippen molar-refractivity contribution in [3.8, 4) is 0 Å². The van der Waals surface area contributed by atoms with Crippen LogP contribution in [0.5, 0.6) is 0 Å². The molecule has 0 radical (unpaired) electrons. The highest BCUT2D eigenvalue weighted by atomic mass is 35.5. The SMILES string of the molecule is Cc1ccc(NC(=O)NCCCl)cc1NC(=O)NCCCl.O. The summed E-state index contributed by atoms with van der Waals surface area (Å²) < 4.78 is 0. The van der Waals surface area contributed by atoms with Gasteiger partial charge in [-0.2, -0.15) is 0 Å². The number of carbonyl (C=O) groups excluding carboxylic acids is 2. The molecule has 0 spiro atoms. The molecule has 1 aromatic rings. The van der Waals surface area contributed by atoms with E-state index in [0.29, 0.717) is 36.2 Å². The van der Waals surface area contributed by atoms with Crippen LogP contribution in [0.3, 0.4) is 0 Å². The zero-order valence-corrected chi connectivity index (χ0v) is 13.6. The summed E-state index contributed by atoms with van der Waals surface area (Å²) >= 11 is 11.0. The van der Waals surface area contributed by atoms with Crippen molar-refractivity contribution < 1.29 is 15.1 Å². The van der Waals surface area contributed by atoms with Gasteiger partial charge in [-0.1, -0.05) is 6.07 Å². The summed E-state index contributed by atoms with van der Waals surface area (Å²) in [6.45, 7) is 2.62. The van der Waals surface area contributed by atoms with E-state index in [2.05, 4.69) is 21.3 Å². The minimum absolute atomic E-state index is 0. The van der Waals surface area contributed by atoms with Gasteiger partial charge in [0.15, 0.2) is 0 Å². The zero-order chi connectivity index (χ0) is 15.7. The number of benzene rings is 1. The van der Waals surface area contributed by atoms with E-state index in [4.69, 9.17) is 23.2 Å². The third kappa shape index (κ3) is 7.35. The minimum atomic E-state index is -0.350. The molecule has 0 heterocycles. The highest BCUT2D eigenvalue weighted by molar-refractivity contribution is 6.18. The first-order chi connectivity index (χ1) is 10.1. The molecule has 6 N–H and O–H groups in total. The Hall–Kier alpha value is -1.70. The van der Waals surface area contributed by atoms with Gasteiger partial charge in [0.2, 0.25) is 0 Å². The smallest absolute Gasteiger partial charge is 0.319 e. The number of rotatable bonds is 6. The number of urea groups is 2. The number of anilines is 2. The number of amides is 4. The van der Waals surface area contributed by atoms with Crippen LogP contribution in [0.2, 0.25) is 0 Å². The van der Waals surface area contributed by atoms with Crippen molar-refractivity contribution >= 4 is 46.6 Å². The van der Waals surface area contributed by atoms with E-state index in [1.165, 1.54) is 0 Å². The lowest BCUT2D eigenvalue weighted by Crippen LogP contribution is -2.31. The number of halogens is 2. The number of aryl methyl sites for hydroxylation is 1. The Bertz CT molecular complexity index is 500. The molecule has 4 amide bonds. The van der Waals surface area contributed by atoms with Gasteiger partial charge in [-0.15, -0.1) is 23.2 Å². The molecule has 0 aliphatic heterocycles. The molecule has 1 aromatic carbocycles. The van der Waals surface area contributed by atoms with Crippen LogP contribution in [-0.2, 0) is 0 Å². The van der Waals surface area contributed by atoms with Crippen LogP contribution in [-0.4, -0.2) is 42.4 Å². The first-order valence-corrected chi connectivity index (χ1v) is 7.46. The normalized spacial score (nSPS) is 9.41. The first kappa shape index (κ1) is 20.3. The Morgan fingerprint density at radius 2 is 1.55 bits per heavy atom. The molecule has 0 aliphatic carbocycles. The molecule has 0 aliphatic rings. The second kappa shape index (κ2) is 10.9. The van der Waals surface area contributed by atoms with E-state index in [0.717, 1.165) is 5.56 Å². The monoisotopic (exact) mass is 350 g/mol. The van der Waals surface area contributed by atoms with Crippen molar-refractivity contribution in [3.63, 3.8) is 0 Å². The molecule has 22 heavy (non-hydrogen) atoms. The van der Waals surface area contributed by atoms with Gasteiger partial charge in [0.05, 0.1) is 0 Å². The second-order valence-corrected chi connectivity index (χ2v) is 4.93. The Morgan fingerprint density at radius 1 is 1.00 bits per heavy atom. The van der Waals surface area contributed by atoms with Crippen LogP contribution in [0.1, 0.15) is 5.56 Å². The van der Waals surface area contributed by atoms with Crippen molar-refractivity contribution in [2.45, 2.75) is 6.92 Å². The van der Waals surface area contributed by atoms with Crippen LogP contribution in [0.25, 0.3) is 0 Å². The fraction of sp³-hybridized carbons (Fsp3) is 0.385. The first-order valence-electron chi connectivity index (χ1n) is 6.39. The summed E-state index contributed by atoms with van der Waals surface area (Å²) in [4.78, 5) is 23.1. The number of hydrogen-bond acceptors (Lipinski definition) is 2. The minimum Gasteiger partial charge on any atom is -0.412 e. The molecule has 0 unspecified atom stereocenters. The van der Waals surface area contributed by atoms with Crippen LogP contribution in [0, 0.1) is 6.92 Å². The fourth-order valence-electron chi connectivity index (χ4n) is 1.50. The van der Waals surface area contributed by atoms with E-state index in [9.17, 15) is 9.59 Å². The molecule has 9 heteroatoms. The standard InChI is InChI=1S/C13H18Cl2N4O2.H2O/c1-9-2-3-10(18-12(20)16-6-4-14)8-11(9)19-13(21)17-7-5-15;/h2-3,8H,4-7H2,1H3,(H2,16,18,20)(H2,17,19,21);1H2. The summed E-state index contributed by atoms with van der Waals surface area (Å²) in [5.41, 5.74) is 2.06. The summed E-state index contributed by atoms with van der Waals surface area (Å²) in [5.74, 6) is 0.684. The maximum absolute atomic E-state index is 11.6. The highest BCUT2D eigenvalue weighted by Gasteiger charge is 2.07. The molecule has 1 rings (SSSR count). The molecule has 0 fully saturated rings. The molecule has 0 bridgehead atoms. The third-order valence-corrected chi connectivity index (χ3v) is 2.88. The van der Waals surface area contributed by atoms with E-state index in [1.54, 1.807) is 18.2 Å². The van der Waals surface area contributed by atoms with Crippen molar-refractivity contribution in [2.75, 3.05) is 35.5 Å². The quantitative estimate of drug-likeness (QED) is 0.587. The van der Waals surface area contributed by atoms with Gasteiger partial charge in [0.25, 0.3) is 0 Å². The lowest BCUT2D eigenvalue weighted by Gasteiger charge is -2.12. The van der Waals surface area contributed by atoms with Gasteiger partial charge in [-0.05, 0) is 24.6 Å². The highest BCUT2D eigenvalue weighted by Crippen LogP contribution is 2.20. The molecular weight excluding hydrogens is 331 g/mol. The average Bonchev–Trinajstić information content (AvgIpc) is 2.46. The Labute approximate surface area is 139 Å². The largest absolute Gasteiger partial charge is 0.412 e. The van der Waals surface area contributed by atoms with Gasteiger partial charge < -0.3 is 26.7 Å². The van der Waals surface area contributed by atoms with E-state index in [1.807, 2.05) is 6.92 Å². The van der Waals surface area contributed by atoms with Crippen LogP contribution < -0.4 is 21.3 Å². The van der Waals surface area contributed by atoms with Crippen molar-refractivity contribution in [1.82, 2.24) is 10.6 Å². The van der Waals surface area contributed by atoms with Crippen molar-refractivity contribution in [1.29, 1.82) is 0 Å². The zero-order valence-electron chi connectivity index (χ0n) is 12.1. The lowest BCUT2D eigenvalue weighted by molar-refractivity contribution is 0.252. The lowest BCUT2D eigenvalue weighted by atomic mass is 10.2. The summed E-state index contributed by atoms with van der Waals surface area (Å²) in [5, 5.41) is 10.5. The van der Waals surface area contributed by atoms with E-state index < -0.39 is 0 Å². The molecule has 7 nitrogen and oxygen atoms in total. The van der Waals surface area contributed by atoms with Gasteiger partial charge >= 0.3 is 12.1 Å². The predicted molar refractivity (Wildman–Crippen MR) is 90.3 cm³/mol. The van der Waals surface area contributed by atoms with E-state index in [-0.39, 0.29) is 17.5 Å².